The number of hydrogen-bond acceptors (Lipinski definition) is 5. The first-order chi connectivity index (χ1) is 13.8. The molecule has 1 atom stereocenters. The summed E-state index contributed by atoms with van der Waals surface area (Å²) in [6.07, 6.45) is 6.11. The summed E-state index contributed by atoms with van der Waals surface area (Å²) in [4.78, 5) is 12.5. The number of unbranched alkanes of at least 4 members (excludes halogenated alkanes) is 1. The Morgan fingerprint density at radius 3 is 2.79 bits per heavy atom. The number of thiophene rings is 1. The van der Waals surface area contributed by atoms with Crippen molar-refractivity contribution in [3.05, 3.63) is 40.6 Å². The second-order valence-corrected chi connectivity index (χ2v) is 7.91. The zero-order chi connectivity index (χ0) is 19.6. The van der Waals surface area contributed by atoms with E-state index >= 15 is 0 Å². The second-order valence-electron chi connectivity index (χ2n) is 6.93. The van der Waals surface area contributed by atoms with Crippen LogP contribution in [-0.2, 0) is 11.3 Å². The third kappa shape index (κ3) is 7.54. The maximum Gasteiger partial charge on any atom is 0.191 e. The van der Waals surface area contributed by atoms with Crippen LogP contribution in [0.1, 0.15) is 29.6 Å². The first-order valence-corrected chi connectivity index (χ1v) is 10.9. The number of aryl methyl sites for hydroxylation is 2. The molecule has 1 unspecified atom stereocenters. The predicted molar refractivity (Wildman–Crippen MR) is 130 cm³/mol. The largest absolute Gasteiger partial charge is 0.379 e. The van der Waals surface area contributed by atoms with Gasteiger partial charge in [0.25, 0.3) is 0 Å². The number of hydrogen-bond donors (Lipinski definition) is 2. The van der Waals surface area contributed by atoms with Gasteiger partial charge in [-0.2, -0.15) is 0 Å². The maximum atomic E-state index is 5.52. The van der Waals surface area contributed by atoms with Crippen LogP contribution in [0.2, 0.25) is 0 Å². The lowest BCUT2D eigenvalue weighted by Crippen LogP contribution is -2.46. The molecule has 7 nitrogen and oxygen atoms in total. The molecule has 2 N–H and O–H groups in total. The zero-order valence-electron chi connectivity index (χ0n) is 17.3. The standard InChI is InChI=1S/C20H32N6OS.HI/c1-17-22-8-10-25(17)9-4-3-7-23-20(21-2)24-16-18(19-6-5-15-28-19)26-11-13-27-14-12-26;/h5-6,8,10,15,18H,3-4,7,9,11-14,16H2,1-2H3,(H2,21,23,24);1H. The highest BCUT2D eigenvalue weighted by Crippen LogP contribution is 2.25. The van der Waals surface area contributed by atoms with Crippen molar-refractivity contribution in [2.45, 2.75) is 32.4 Å². The normalized spacial score (nSPS) is 16.3. The van der Waals surface area contributed by atoms with Gasteiger partial charge in [-0.15, -0.1) is 35.3 Å². The van der Waals surface area contributed by atoms with E-state index in [1.807, 2.05) is 37.7 Å². The Balaban J connectivity index is 0.00000300. The Labute approximate surface area is 195 Å². The van der Waals surface area contributed by atoms with Gasteiger partial charge in [0.05, 0.1) is 19.3 Å². The van der Waals surface area contributed by atoms with Gasteiger partial charge < -0.3 is 19.9 Å². The number of guanidine groups is 1. The first kappa shape index (κ1) is 24.1. The van der Waals surface area contributed by atoms with Crippen molar-refractivity contribution < 1.29 is 4.74 Å². The van der Waals surface area contributed by atoms with E-state index in [9.17, 15) is 0 Å². The molecule has 3 heterocycles. The minimum absolute atomic E-state index is 0. The van der Waals surface area contributed by atoms with Crippen molar-refractivity contribution in [1.29, 1.82) is 0 Å². The van der Waals surface area contributed by atoms with Crippen LogP contribution in [0, 0.1) is 6.92 Å². The lowest BCUT2D eigenvalue weighted by Gasteiger charge is -2.34. The zero-order valence-corrected chi connectivity index (χ0v) is 20.5. The van der Waals surface area contributed by atoms with E-state index in [2.05, 4.69) is 47.6 Å². The van der Waals surface area contributed by atoms with Crippen LogP contribution in [0.4, 0.5) is 0 Å². The van der Waals surface area contributed by atoms with Crippen LogP contribution in [0.25, 0.3) is 0 Å². The average Bonchev–Trinajstić information content (AvgIpc) is 3.39. The molecule has 0 amide bonds. The predicted octanol–water partition coefficient (Wildman–Crippen LogP) is 2.89. The SMILES string of the molecule is CN=C(NCCCCn1ccnc1C)NCC(c1cccs1)N1CCOCC1.I. The fourth-order valence-electron chi connectivity index (χ4n) is 3.45. The number of nitrogens with zero attached hydrogens (tertiary/aromatic N) is 4. The molecule has 0 bridgehead atoms. The number of nitrogens with one attached hydrogen (secondary N) is 2. The number of morpholine rings is 1. The molecule has 1 aliphatic rings. The second kappa shape index (κ2) is 13.2. The molecule has 2 aromatic heterocycles. The molecule has 2 aromatic rings. The number of aromatic nitrogens is 2. The van der Waals surface area contributed by atoms with Crippen LogP contribution in [0.3, 0.4) is 0 Å². The van der Waals surface area contributed by atoms with E-state index in [1.54, 1.807) is 0 Å². The van der Waals surface area contributed by atoms with Crippen LogP contribution in [0.5, 0.6) is 0 Å². The van der Waals surface area contributed by atoms with Crippen molar-refractivity contribution in [2.24, 2.45) is 4.99 Å². The van der Waals surface area contributed by atoms with Gasteiger partial charge in [0.15, 0.2) is 5.96 Å². The summed E-state index contributed by atoms with van der Waals surface area (Å²) in [5, 5.41) is 9.11. The van der Waals surface area contributed by atoms with Gasteiger partial charge in [0.2, 0.25) is 0 Å². The van der Waals surface area contributed by atoms with Gasteiger partial charge in [-0.3, -0.25) is 9.89 Å². The third-order valence-corrected chi connectivity index (χ3v) is 6.06. The van der Waals surface area contributed by atoms with Crippen LogP contribution in [0.15, 0.2) is 34.9 Å². The maximum absolute atomic E-state index is 5.52. The fourth-order valence-corrected chi connectivity index (χ4v) is 4.31. The van der Waals surface area contributed by atoms with Crippen molar-refractivity contribution >= 4 is 41.3 Å². The highest BCUT2D eigenvalue weighted by molar-refractivity contribution is 14.0. The summed E-state index contributed by atoms with van der Waals surface area (Å²) in [6, 6.07) is 4.70. The summed E-state index contributed by atoms with van der Waals surface area (Å²) >= 11 is 1.82. The van der Waals surface area contributed by atoms with E-state index in [1.165, 1.54) is 4.88 Å². The number of ether oxygens (including phenoxy) is 1. The molecule has 1 fully saturated rings. The summed E-state index contributed by atoms with van der Waals surface area (Å²) in [7, 11) is 1.83. The number of imidazole rings is 1. The van der Waals surface area contributed by atoms with Gasteiger partial charge in [-0.05, 0) is 31.2 Å². The van der Waals surface area contributed by atoms with Crippen molar-refractivity contribution in [3.63, 3.8) is 0 Å². The fraction of sp³-hybridized carbons (Fsp3) is 0.600. The highest BCUT2D eigenvalue weighted by atomic mass is 127. The Morgan fingerprint density at radius 1 is 1.31 bits per heavy atom. The molecule has 1 saturated heterocycles. The Kier molecular flexibility index (Phi) is 11.0. The van der Waals surface area contributed by atoms with E-state index in [4.69, 9.17) is 4.74 Å². The van der Waals surface area contributed by atoms with Gasteiger partial charge >= 0.3 is 0 Å². The lowest BCUT2D eigenvalue weighted by molar-refractivity contribution is 0.0177. The monoisotopic (exact) mass is 532 g/mol. The highest BCUT2D eigenvalue weighted by Gasteiger charge is 2.23. The Hall–Kier alpha value is -1.17. The quantitative estimate of drug-likeness (QED) is 0.225. The number of rotatable bonds is 9. The lowest BCUT2D eigenvalue weighted by atomic mass is 10.2. The molecular formula is C20H33IN6OS. The van der Waals surface area contributed by atoms with Crippen molar-refractivity contribution in [1.82, 2.24) is 25.1 Å². The van der Waals surface area contributed by atoms with Gasteiger partial charge in [0.1, 0.15) is 5.82 Å². The average molecular weight is 532 g/mol. The molecule has 0 aliphatic carbocycles. The van der Waals surface area contributed by atoms with Crippen LogP contribution in [-0.4, -0.2) is 66.9 Å². The molecule has 162 valence electrons. The molecule has 0 aromatic carbocycles. The number of aliphatic imine (C=N–C) groups is 1. The van der Waals surface area contributed by atoms with E-state index in [0.29, 0.717) is 6.04 Å². The number of halogens is 1. The van der Waals surface area contributed by atoms with Crippen molar-refractivity contribution in [3.8, 4) is 0 Å². The summed E-state index contributed by atoms with van der Waals surface area (Å²) in [5.41, 5.74) is 0. The van der Waals surface area contributed by atoms with E-state index in [0.717, 1.165) is 70.6 Å². The molecule has 0 spiro atoms. The molecule has 29 heavy (non-hydrogen) atoms. The molecule has 3 rings (SSSR count). The summed E-state index contributed by atoms with van der Waals surface area (Å²) < 4.78 is 7.72. The smallest absolute Gasteiger partial charge is 0.191 e. The van der Waals surface area contributed by atoms with Gasteiger partial charge in [0, 0.05) is 57.0 Å². The molecular weight excluding hydrogens is 499 g/mol. The van der Waals surface area contributed by atoms with Crippen LogP contribution >= 0.6 is 35.3 Å². The minimum Gasteiger partial charge on any atom is -0.379 e. The van der Waals surface area contributed by atoms with Gasteiger partial charge in [-0.1, -0.05) is 6.07 Å². The molecule has 9 heteroatoms. The third-order valence-electron chi connectivity index (χ3n) is 5.09. The molecule has 0 radical (unpaired) electrons. The van der Waals surface area contributed by atoms with Crippen molar-refractivity contribution in [2.75, 3.05) is 46.4 Å². The summed E-state index contributed by atoms with van der Waals surface area (Å²) in [5.74, 6) is 1.95. The Morgan fingerprint density at radius 2 is 2.14 bits per heavy atom. The van der Waals surface area contributed by atoms with Gasteiger partial charge in [-0.25, -0.2) is 4.98 Å². The Bertz CT molecular complexity index is 714. The van der Waals surface area contributed by atoms with E-state index in [-0.39, 0.29) is 24.0 Å². The van der Waals surface area contributed by atoms with E-state index < -0.39 is 0 Å². The minimum atomic E-state index is 0. The molecule has 0 saturated carbocycles. The molecule has 1 aliphatic heterocycles. The first-order valence-electron chi connectivity index (χ1n) is 10.1. The topological polar surface area (TPSA) is 66.7 Å². The van der Waals surface area contributed by atoms with Crippen LogP contribution < -0.4 is 10.6 Å². The summed E-state index contributed by atoms with van der Waals surface area (Å²) in [6.45, 7) is 8.38.